The van der Waals surface area contributed by atoms with Gasteiger partial charge < -0.3 is 4.74 Å². The maximum absolute atomic E-state index is 12.9. The van der Waals surface area contributed by atoms with E-state index in [2.05, 4.69) is 20.9 Å². The highest BCUT2D eigenvalue weighted by Crippen LogP contribution is 2.30. The largest absolute Gasteiger partial charge is 0.438 e. The van der Waals surface area contributed by atoms with E-state index in [1.54, 1.807) is 6.07 Å². The van der Waals surface area contributed by atoms with Gasteiger partial charge in [-0.25, -0.2) is 4.39 Å². The van der Waals surface area contributed by atoms with Crippen molar-refractivity contribution in [2.75, 3.05) is 0 Å². The maximum Gasteiger partial charge on any atom is 0.305 e. The van der Waals surface area contributed by atoms with Crippen LogP contribution in [-0.2, 0) is 0 Å². The van der Waals surface area contributed by atoms with E-state index in [9.17, 15) is 14.5 Å². The second kappa shape index (κ2) is 5.63. The SMILES string of the molecule is N#Cc1nc(Oc2ccc(F)cc2Br)ccc1[N+](=O)[O-]. The first-order valence-electron chi connectivity index (χ1n) is 5.19. The molecule has 0 fully saturated rings. The number of rotatable bonds is 3. The first kappa shape index (κ1) is 13.9. The quantitative estimate of drug-likeness (QED) is 0.631. The van der Waals surface area contributed by atoms with Gasteiger partial charge in [-0.3, -0.25) is 10.1 Å². The lowest BCUT2D eigenvalue weighted by Crippen LogP contribution is -1.97. The monoisotopic (exact) mass is 337 g/mol. The van der Waals surface area contributed by atoms with E-state index in [1.807, 2.05) is 0 Å². The third kappa shape index (κ3) is 2.89. The predicted octanol–water partition coefficient (Wildman–Crippen LogP) is 3.56. The second-order valence-corrected chi connectivity index (χ2v) is 4.42. The van der Waals surface area contributed by atoms with Crippen molar-refractivity contribution in [2.45, 2.75) is 0 Å². The highest BCUT2D eigenvalue weighted by atomic mass is 79.9. The molecule has 0 bridgehead atoms. The van der Waals surface area contributed by atoms with Gasteiger partial charge in [-0.2, -0.15) is 10.2 Å². The molecule has 2 rings (SSSR count). The number of ether oxygens (including phenoxy) is 1. The number of aromatic nitrogens is 1. The van der Waals surface area contributed by atoms with Crippen LogP contribution in [0.3, 0.4) is 0 Å². The van der Waals surface area contributed by atoms with Crippen LogP contribution < -0.4 is 4.74 Å². The number of nitro groups is 1. The van der Waals surface area contributed by atoms with Crippen LogP contribution in [0.5, 0.6) is 11.6 Å². The summed E-state index contributed by atoms with van der Waals surface area (Å²) in [7, 11) is 0. The first-order chi connectivity index (χ1) is 9.51. The van der Waals surface area contributed by atoms with Crippen LogP contribution >= 0.6 is 15.9 Å². The molecule has 0 unspecified atom stereocenters. The molecule has 100 valence electrons. The molecular weight excluding hydrogens is 333 g/mol. The van der Waals surface area contributed by atoms with Crippen LogP contribution in [-0.4, -0.2) is 9.91 Å². The Labute approximate surface area is 120 Å². The third-order valence-corrected chi connectivity index (χ3v) is 2.88. The predicted molar refractivity (Wildman–Crippen MR) is 69.8 cm³/mol. The van der Waals surface area contributed by atoms with Crippen LogP contribution in [0, 0.1) is 27.3 Å². The van der Waals surface area contributed by atoms with Crippen molar-refractivity contribution in [2.24, 2.45) is 0 Å². The Morgan fingerprint density at radius 2 is 2.15 bits per heavy atom. The Kier molecular flexibility index (Phi) is 3.91. The Morgan fingerprint density at radius 3 is 2.75 bits per heavy atom. The molecule has 1 heterocycles. The van der Waals surface area contributed by atoms with Crippen molar-refractivity contribution in [3.8, 4) is 17.7 Å². The number of halogens is 2. The second-order valence-electron chi connectivity index (χ2n) is 3.56. The number of hydrogen-bond acceptors (Lipinski definition) is 5. The van der Waals surface area contributed by atoms with Crippen LogP contribution in [0.2, 0.25) is 0 Å². The fraction of sp³-hybridized carbons (Fsp3) is 0. The van der Waals surface area contributed by atoms with Gasteiger partial charge in [0.15, 0.2) is 0 Å². The van der Waals surface area contributed by atoms with Crippen molar-refractivity contribution < 1.29 is 14.1 Å². The molecule has 0 atom stereocenters. The zero-order valence-electron chi connectivity index (χ0n) is 9.71. The molecule has 1 aromatic heterocycles. The smallest absolute Gasteiger partial charge is 0.305 e. The molecule has 0 saturated carbocycles. The molecule has 0 aliphatic heterocycles. The van der Waals surface area contributed by atoms with E-state index in [0.29, 0.717) is 4.47 Å². The summed E-state index contributed by atoms with van der Waals surface area (Å²) in [4.78, 5) is 13.7. The average Bonchev–Trinajstić information content (AvgIpc) is 2.41. The van der Waals surface area contributed by atoms with Crippen LogP contribution in [0.15, 0.2) is 34.8 Å². The van der Waals surface area contributed by atoms with Crippen molar-refractivity contribution in [3.05, 3.63) is 56.4 Å². The molecule has 0 spiro atoms. The first-order valence-corrected chi connectivity index (χ1v) is 5.99. The summed E-state index contributed by atoms with van der Waals surface area (Å²) >= 11 is 3.11. The number of benzene rings is 1. The molecule has 0 aliphatic carbocycles. The van der Waals surface area contributed by atoms with Gasteiger partial charge in [-0.1, -0.05) is 0 Å². The minimum atomic E-state index is -0.705. The van der Waals surface area contributed by atoms with Crippen molar-refractivity contribution in [1.29, 1.82) is 5.26 Å². The van der Waals surface area contributed by atoms with Gasteiger partial charge in [0.1, 0.15) is 17.6 Å². The zero-order chi connectivity index (χ0) is 14.7. The highest BCUT2D eigenvalue weighted by Gasteiger charge is 2.16. The maximum atomic E-state index is 12.9. The number of hydrogen-bond donors (Lipinski definition) is 0. The van der Waals surface area contributed by atoms with Crippen LogP contribution in [0.1, 0.15) is 5.69 Å². The molecule has 6 nitrogen and oxygen atoms in total. The highest BCUT2D eigenvalue weighted by molar-refractivity contribution is 9.10. The minimum absolute atomic E-state index is 0.000502. The summed E-state index contributed by atoms with van der Waals surface area (Å²) < 4.78 is 18.6. The van der Waals surface area contributed by atoms with Gasteiger partial charge in [0.2, 0.25) is 11.6 Å². The fourth-order valence-corrected chi connectivity index (χ4v) is 1.82. The standard InChI is InChI=1S/C12H5BrFN3O3/c13-8-5-7(14)1-3-11(8)20-12-4-2-10(17(18)19)9(6-15)16-12/h1-5H. The van der Waals surface area contributed by atoms with Crippen LogP contribution in [0.25, 0.3) is 0 Å². The normalized spacial score (nSPS) is 9.85. The number of pyridine rings is 1. The summed E-state index contributed by atoms with van der Waals surface area (Å²) in [5, 5.41) is 19.5. The molecule has 8 heteroatoms. The van der Waals surface area contributed by atoms with Gasteiger partial charge in [-0.15, -0.1) is 0 Å². The molecule has 0 aliphatic rings. The fourth-order valence-electron chi connectivity index (χ4n) is 1.39. The van der Waals surface area contributed by atoms with E-state index in [1.165, 1.54) is 24.3 Å². The zero-order valence-corrected chi connectivity index (χ0v) is 11.3. The van der Waals surface area contributed by atoms with Gasteiger partial charge >= 0.3 is 5.69 Å². The van der Waals surface area contributed by atoms with Gasteiger partial charge in [0.05, 0.1) is 9.40 Å². The molecule has 0 N–H and O–H groups in total. The molecule has 0 amide bonds. The summed E-state index contributed by atoms with van der Waals surface area (Å²) in [6.45, 7) is 0. The van der Waals surface area contributed by atoms with E-state index >= 15 is 0 Å². The lowest BCUT2D eigenvalue weighted by atomic mass is 10.3. The lowest BCUT2D eigenvalue weighted by Gasteiger charge is -2.06. The molecular formula is C12H5BrFN3O3. The van der Waals surface area contributed by atoms with Crippen molar-refractivity contribution >= 4 is 21.6 Å². The van der Waals surface area contributed by atoms with Gasteiger partial charge in [0, 0.05) is 12.1 Å². The molecule has 20 heavy (non-hydrogen) atoms. The summed E-state index contributed by atoms with van der Waals surface area (Å²) in [5.74, 6) is -0.172. The summed E-state index contributed by atoms with van der Waals surface area (Å²) in [6, 6.07) is 7.77. The van der Waals surface area contributed by atoms with Crippen LogP contribution in [0.4, 0.5) is 10.1 Å². The van der Waals surface area contributed by atoms with E-state index in [0.717, 1.165) is 6.07 Å². The van der Waals surface area contributed by atoms with Gasteiger partial charge in [0.25, 0.3) is 0 Å². The molecule has 2 aromatic rings. The van der Waals surface area contributed by atoms with Gasteiger partial charge in [-0.05, 0) is 34.1 Å². The van der Waals surface area contributed by atoms with Crippen molar-refractivity contribution in [3.63, 3.8) is 0 Å². The molecule has 1 aromatic carbocycles. The van der Waals surface area contributed by atoms with Crippen molar-refractivity contribution in [1.82, 2.24) is 4.98 Å². The summed E-state index contributed by atoms with van der Waals surface area (Å²) in [6.07, 6.45) is 0. The topological polar surface area (TPSA) is 89.0 Å². The lowest BCUT2D eigenvalue weighted by molar-refractivity contribution is -0.385. The Morgan fingerprint density at radius 1 is 1.40 bits per heavy atom. The van der Waals surface area contributed by atoms with E-state index in [4.69, 9.17) is 10.00 Å². The molecule has 0 radical (unpaired) electrons. The Balaban J connectivity index is 2.35. The Hall–Kier alpha value is -2.53. The van der Waals surface area contributed by atoms with E-state index in [-0.39, 0.29) is 17.3 Å². The third-order valence-electron chi connectivity index (χ3n) is 2.26. The van der Waals surface area contributed by atoms with E-state index < -0.39 is 16.4 Å². The molecule has 0 saturated heterocycles. The average molecular weight is 338 g/mol. The summed E-state index contributed by atoms with van der Waals surface area (Å²) in [5.41, 5.74) is -0.760. The Bertz CT molecular complexity index is 730. The minimum Gasteiger partial charge on any atom is -0.438 e. The number of nitriles is 1. The number of nitrogens with zero attached hydrogens (tertiary/aromatic N) is 3.